The third-order valence-corrected chi connectivity index (χ3v) is 7.99. The van der Waals surface area contributed by atoms with Gasteiger partial charge in [0.2, 0.25) is 0 Å². The number of hydrogen-bond acceptors (Lipinski definition) is 12. The first kappa shape index (κ1) is 31.9. The fourth-order valence-electron chi connectivity index (χ4n) is 6.08. The number of rotatable bonds is 2. The van der Waals surface area contributed by atoms with Gasteiger partial charge in [-0.1, -0.05) is 12.1 Å². The van der Waals surface area contributed by atoms with Crippen LogP contribution in [0, 0.1) is 136 Å². The Balaban J connectivity index is 2.11. The Morgan fingerprint density at radius 3 is 0.980 bits per heavy atom. The van der Waals surface area contributed by atoms with E-state index in [9.17, 15) is 63.1 Å². The van der Waals surface area contributed by atoms with Gasteiger partial charge in [0.25, 0.3) is 0 Å². The van der Waals surface area contributed by atoms with Gasteiger partial charge in [0.05, 0.1) is 44.5 Å². The molecule has 2 aliphatic rings. The summed E-state index contributed by atoms with van der Waals surface area (Å²) in [5.41, 5.74) is -4.30. The number of benzene rings is 3. The molecule has 50 heavy (non-hydrogen) atoms. The second kappa shape index (κ2) is 12.5. The lowest BCUT2D eigenvalue weighted by Gasteiger charge is -2.16. The van der Waals surface area contributed by atoms with E-state index in [2.05, 4.69) is 0 Å². The van der Waals surface area contributed by atoms with Crippen molar-refractivity contribution < 1.29 is 0 Å². The normalized spacial score (nSPS) is 11.5. The lowest BCUT2D eigenvalue weighted by molar-refractivity contribution is 1.37. The van der Waals surface area contributed by atoms with Crippen LogP contribution in [0.15, 0.2) is 47.5 Å². The predicted octanol–water partition coefficient (Wildman–Crippen LogP) is 5.41. The van der Waals surface area contributed by atoms with Crippen LogP contribution in [0.4, 0.5) is 0 Å². The van der Waals surface area contributed by atoms with Crippen LogP contribution in [-0.4, -0.2) is 0 Å². The molecule has 0 saturated heterocycles. The van der Waals surface area contributed by atoms with E-state index in [0.29, 0.717) is 0 Å². The van der Waals surface area contributed by atoms with Gasteiger partial charge in [-0.25, -0.2) is 0 Å². The van der Waals surface area contributed by atoms with Crippen LogP contribution in [0.2, 0.25) is 0 Å². The maximum Gasteiger partial charge on any atom is 0.138 e. The first-order valence-electron chi connectivity index (χ1n) is 13.7. The maximum atomic E-state index is 10.8. The van der Waals surface area contributed by atoms with E-state index < -0.39 is 11.1 Å². The van der Waals surface area contributed by atoms with Crippen LogP contribution in [-0.2, 0) is 0 Å². The Labute approximate surface area is 283 Å². The highest BCUT2D eigenvalue weighted by Gasteiger charge is 2.43. The molecule has 0 heterocycles. The molecule has 0 bridgehead atoms. The fraction of sp³-hybridized carbons (Fsp3) is 0. The van der Waals surface area contributed by atoms with Crippen molar-refractivity contribution in [3.05, 3.63) is 114 Å². The van der Waals surface area contributed by atoms with Crippen LogP contribution >= 0.6 is 0 Å². The van der Waals surface area contributed by atoms with Gasteiger partial charge >= 0.3 is 0 Å². The molecule has 0 aromatic heterocycles. The van der Waals surface area contributed by atoms with Crippen LogP contribution in [0.1, 0.15) is 66.8 Å². The fourth-order valence-corrected chi connectivity index (χ4v) is 6.08. The molecule has 3 aromatic carbocycles. The molecule has 218 valence electrons. The Kier molecular flexibility index (Phi) is 7.96. The molecular weight excluding hydrogens is 625 g/mol. The minimum atomic E-state index is -0.599. The van der Waals surface area contributed by atoms with Crippen LogP contribution in [0.5, 0.6) is 0 Å². The standard InChI is InChI=1S/C38H6N12/c39-7-21-3-1-19(5-23(21)9-41)31-27(15-47)35-29(17-49)36-28(16-48)32(20-2-4-22(8-40)24(6-20)10-42)34(26(13-45)14-46)38(36)30(18-50)37(35)33(31)25(11-43)12-44/h1-6H. The molecule has 0 unspecified atom stereocenters. The van der Waals surface area contributed by atoms with Crippen molar-refractivity contribution in [3.8, 4) is 72.8 Å². The zero-order valence-electron chi connectivity index (χ0n) is 24.8. The summed E-state index contributed by atoms with van der Waals surface area (Å²) < 4.78 is 0. The van der Waals surface area contributed by atoms with E-state index in [0.717, 1.165) is 0 Å². The highest BCUT2D eigenvalue weighted by molar-refractivity contribution is 6.32. The third kappa shape index (κ3) is 4.28. The lowest BCUT2D eigenvalue weighted by atomic mass is 9.82. The predicted molar refractivity (Wildman–Crippen MR) is 169 cm³/mol. The zero-order chi connectivity index (χ0) is 36.3. The van der Waals surface area contributed by atoms with Gasteiger partial charge in [-0.3, -0.25) is 0 Å². The highest BCUT2D eigenvalue weighted by atomic mass is 14.5. The molecule has 0 radical (unpaired) electrons. The molecule has 0 fully saturated rings. The number of fused-ring (bicyclic) bond motifs is 2. The highest BCUT2D eigenvalue weighted by Crippen LogP contribution is 2.58. The van der Waals surface area contributed by atoms with Crippen molar-refractivity contribution in [1.29, 1.82) is 63.1 Å². The number of hydrogen-bond donors (Lipinski definition) is 0. The summed E-state index contributed by atoms with van der Waals surface area (Å²) in [5, 5.41) is 121. The molecule has 0 saturated carbocycles. The van der Waals surface area contributed by atoms with Crippen molar-refractivity contribution in [1.82, 2.24) is 0 Å². The van der Waals surface area contributed by atoms with Crippen molar-refractivity contribution in [2.24, 2.45) is 0 Å². The van der Waals surface area contributed by atoms with Gasteiger partial charge in [-0.15, -0.1) is 0 Å². The smallest absolute Gasteiger partial charge is 0.138 e. The van der Waals surface area contributed by atoms with Crippen molar-refractivity contribution >= 4 is 33.4 Å². The Bertz CT molecular complexity index is 2660. The van der Waals surface area contributed by atoms with Crippen LogP contribution in [0.3, 0.4) is 0 Å². The topological polar surface area (TPSA) is 285 Å². The summed E-state index contributed by atoms with van der Waals surface area (Å²) in [5.74, 6) is 0. The molecule has 0 aliphatic heterocycles. The minimum absolute atomic E-state index is 0.0133. The minimum Gasteiger partial charge on any atom is -0.192 e. The molecule has 2 aliphatic carbocycles. The molecular formula is C38H6N12. The van der Waals surface area contributed by atoms with E-state index in [1.165, 1.54) is 36.4 Å². The van der Waals surface area contributed by atoms with Gasteiger partial charge in [0.15, 0.2) is 0 Å². The van der Waals surface area contributed by atoms with Gasteiger partial charge in [0.1, 0.15) is 84.0 Å². The van der Waals surface area contributed by atoms with E-state index in [-0.39, 0.29) is 100 Å². The average Bonchev–Trinajstić information content (AvgIpc) is 3.67. The quantitative estimate of drug-likeness (QED) is 0.321. The van der Waals surface area contributed by atoms with Crippen molar-refractivity contribution in [2.75, 3.05) is 0 Å². The number of nitriles is 12. The summed E-state index contributed by atoms with van der Waals surface area (Å²) in [6, 6.07) is 30.2. The molecule has 0 spiro atoms. The molecule has 0 N–H and O–H groups in total. The van der Waals surface area contributed by atoms with Crippen molar-refractivity contribution in [3.63, 3.8) is 0 Å². The molecule has 5 rings (SSSR count). The second-order valence-electron chi connectivity index (χ2n) is 10.1. The van der Waals surface area contributed by atoms with Crippen LogP contribution in [0.25, 0.3) is 33.4 Å². The SMILES string of the molecule is N#CC(C#N)=C1C(c2ccc(C#N)c(C#N)c2)=C(C#N)c2c(C#N)c3c(c(C#N)c21)C(=C(C#N)C#N)C(c1ccc(C#N)c(C#N)c1)=C3C#N. The average molecular weight is 631 g/mol. The monoisotopic (exact) mass is 630 g/mol. The Morgan fingerprint density at radius 2 is 0.700 bits per heavy atom. The van der Waals surface area contributed by atoms with Gasteiger partial charge in [0, 0.05) is 44.5 Å². The summed E-state index contributed by atoms with van der Waals surface area (Å²) >= 11 is 0. The summed E-state index contributed by atoms with van der Waals surface area (Å²) in [7, 11) is 0. The third-order valence-electron chi connectivity index (χ3n) is 7.99. The Hall–Kier alpha value is -9.50. The largest absolute Gasteiger partial charge is 0.192 e. The summed E-state index contributed by atoms with van der Waals surface area (Å²) in [6.45, 7) is 0. The maximum absolute atomic E-state index is 10.8. The zero-order valence-corrected chi connectivity index (χ0v) is 24.8. The van der Waals surface area contributed by atoms with E-state index in [1.807, 2.05) is 48.6 Å². The number of allylic oxidation sites excluding steroid dienone is 8. The molecule has 12 heteroatoms. The Morgan fingerprint density at radius 1 is 0.360 bits per heavy atom. The summed E-state index contributed by atoms with van der Waals surface area (Å²) in [4.78, 5) is 0. The first-order chi connectivity index (χ1) is 24.3. The van der Waals surface area contributed by atoms with Crippen LogP contribution < -0.4 is 0 Å². The van der Waals surface area contributed by atoms with Gasteiger partial charge < -0.3 is 0 Å². The van der Waals surface area contributed by atoms with E-state index >= 15 is 0 Å². The molecule has 0 atom stereocenters. The van der Waals surface area contributed by atoms with E-state index in [1.54, 1.807) is 24.3 Å². The van der Waals surface area contributed by atoms with Crippen molar-refractivity contribution in [2.45, 2.75) is 0 Å². The first-order valence-corrected chi connectivity index (χ1v) is 13.7. The molecule has 3 aromatic rings. The summed E-state index contributed by atoms with van der Waals surface area (Å²) in [6.07, 6.45) is 0. The van der Waals surface area contributed by atoms with E-state index in [4.69, 9.17) is 0 Å². The van der Waals surface area contributed by atoms with Gasteiger partial charge in [-0.05, 0) is 35.4 Å². The number of nitrogens with zero attached hydrogens (tertiary/aromatic N) is 12. The second-order valence-corrected chi connectivity index (χ2v) is 10.1. The molecule has 12 nitrogen and oxygen atoms in total. The lowest BCUT2D eigenvalue weighted by Crippen LogP contribution is -2.05. The molecule has 0 amide bonds. The van der Waals surface area contributed by atoms with Gasteiger partial charge in [-0.2, -0.15) is 63.1 Å².